The number of hydrogen-bond donors (Lipinski definition) is 1. The van der Waals surface area contributed by atoms with Crippen molar-refractivity contribution in [3.8, 4) is 0 Å². The minimum Gasteiger partial charge on any atom is -0.396 e. The fourth-order valence-electron chi connectivity index (χ4n) is 3.18. The Labute approximate surface area is 127 Å². The lowest BCUT2D eigenvalue weighted by molar-refractivity contribution is -0.192. The molecule has 0 bridgehead atoms. The summed E-state index contributed by atoms with van der Waals surface area (Å²) in [6, 6.07) is 5.98. The zero-order chi connectivity index (χ0) is 15.2. The molecule has 21 heavy (non-hydrogen) atoms. The normalized spacial score (nSPS) is 24.9. The first-order chi connectivity index (χ1) is 10.2. The third-order valence-corrected chi connectivity index (χ3v) is 4.62. The van der Waals surface area contributed by atoms with Gasteiger partial charge in [-0.2, -0.15) is 0 Å². The van der Waals surface area contributed by atoms with Crippen molar-refractivity contribution in [1.82, 2.24) is 4.98 Å². The maximum Gasteiger partial charge on any atom is 0.115 e. The predicted molar refractivity (Wildman–Crippen MR) is 82.1 cm³/mol. The summed E-state index contributed by atoms with van der Waals surface area (Å²) < 4.78 is 12.3. The van der Waals surface area contributed by atoms with E-state index in [1.807, 2.05) is 24.4 Å². The lowest BCUT2D eigenvalue weighted by Gasteiger charge is -2.47. The van der Waals surface area contributed by atoms with E-state index in [9.17, 15) is 0 Å². The van der Waals surface area contributed by atoms with Crippen molar-refractivity contribution in [3.63, 3.8) is 0 Å². The lowest BCUT2D eigenvalue weighted by atomic mass is 9.77. The van der Waals surface area contributed by atoms with Crippen molar-refractivity contribution in [2.75, 3.05) is 19.8 Å². The van der Waals surface area contributed by atoms with Gasteiger partial charge in [-0.05, 0) is 31.4 Å². The number of aliphatic hydroxyl groups is 1. The largest absolute Gasteiger partial charge is 0.396 e. The van der Waals surface area contributed by atoms with Crippen molar-refractivity contribution in [1.29, 1.82) is 0 Å². The molecule has 1 aromatic heterocycles. The van der Waals surface area contributed by atoms with Gasteiger partial charge < -0.3 is 14.6 Å². The molecular formula is C17H27NO3. The third kappa shape index (κ3) is 3.62. The van der Waals surface area contributed by atoms with Gasteiger partial charge in [0.1, 0.15) is 5.60 Å². The number of hydrogen-bond acceptors (Lipinski definition) is 4. The highest BCUT2D eigenvalue weighted by atomic mass is 16.5. The fourth-order valence-corrected chi connectivity index (χ4v) is 3.18. The highest BCUT2D eigenvalue weighted by Crippen LogP contribution is 2.44. The molecule has 1 fully saturated rings. The van der Waals surface area contributed by atoms with E-state index in [0.717, 1.165) is 31.4 Å². The zero-order valence-corrected chi connectivity index (χ0v) is 13.2. The van der Waals surface area contributed by atoms with Crippen molar-refractivity contribution >= 4 is 0 Å². The van der Waals surface area contributed by atoms with Crippen LogP contribution in [0.15, 0.2) is 24.4 Å². The smallest absolute Gasteiger partial charge is 0.115 e. The molecule has 1 N–H and O–H groups in total. The maximum absolute atomic E-state index is 9.02. The highest BCUT2D eigenvalue weighted by Gasteiger charge is 2.46. The van der Waals surface area contributed by atoms with Gasteiger partial charge >= 0.3 is 0 Å². The minimum absolute atomic E-state index is 0.130. The van der Waals surface area contributed by atoms with Gasteiger partial charge in [-0.1, -0.05) is 19.9 Å². The zero-order valence-electron chi connectivity index (χ0n) is 13.2. The second kappa shape index (κ2) is 7.34. The van der Waals surface area contributed by atoms with Crippen LogP contribution in [0.1, 0.15) is 51.6 Å². The Morgan fingerprint density at radius 1 is 1.33 bits per heavy atom. The summed E-state index contributed by atoms with van der Waals surface area (Å²) in [6.07, 6.45) is 6.07. The fraction of sp³-hybridized carbons (Fsp3) is 0.706. The third-order valence-electron chi connectivity index (χ3n) is 4.62. The van der Waals surface area contributed by atoms with Gasteiger partial charge in [-0.3, -0.25) is 4.98 Å². The molecule has 4 heteroatoms. The van der Waals surface area contributed by atoms with Gasteiger partial charge in [0.2, 0.25) is 0 Å². The molecule has 4 nitrogen and oxygen atoms in total. The van der Waals surface area contributed by atoms with Crippen LogP contribution in [-0.2, 0) is 15.1 Å². The maximum atomic E-state index is 9.02. The van der Waals surface area contributed by atoms with E-state index in [-0.39, 0.29) is 17.8 Å². The Balaban J connectivity index is 2.27. The summed E-state index contributed by atoms with van der Waals surface area (Å²) >= 11 is 0. The Morgan fingerprint density at radius 2 is 2.14 bits per heavy atom. The molecule has 0 aromatic carbocycles. The van der Waals surface area contributed by atoms with Crippen LogP contribution in [0, 0.1) is 0 Å². The van der Waals surface area contributed by atoms with Gasteiger partial charge in [0.05, 0.1) is 24.5 Å². The van der Waals surface area contributed by atoms with Crippen LogP contribution in [0.4, 0.5) is 0 Å². The van der Waals surface area contributed by atoms with Crippen molar-refractivity contribution in [2.45, 2.75) is 57.2 Å². The first kappa shape index (κ1) is 16.4. The van der Waals surface area contributed by atoms with E-state index >= 15 is 0 Å². The molecule has 0 radical (unpaired) electrons. The van der Waals surface area contributed by atoms with Crippen molar-refractivity contribution < 1.29 is 14.6 Å². The molecular weight excluding hydrogens is 266 g/mol. The van der Waals surface area contributed by atoms with Crippen LogP contribution in [0.2, 0.25) is 0 Å². The summed E-state index contributed by atoms with van der Waals surface area (Å²) in [5.41, 5.74) is 0.466. The van der Waals surface area contributed by atoms with E-state index in [4.69, 9.17) is 14.6 Å². The van der Waals surface area contributed by atoms with Crippen LogP contribution >= 0.6 is 0 Å². The van der Waals surface area contributed by atoms with Crippen LogP contribution in [0.25, 0.3) is 0 Å². The molecule has 1 saturated heterocycles. The summed E-state index contributed by atoms with van der Waals surface area (Å²) in [5.74, 6) is 0. The summed E-state index contributed by atoms with van der Waals surface area (Å²) in [6.45, 7) is 5.74. The Morgan fingerprint density at radius 3 is 2.76 bits per heavy atom. The molecule has 2 rings (SSSR count). The summed E-state index contributed by atoms with van der Waals surface area (Å²) in [7, 11) is 0. The van der Waals surface area contributed by atoms with Crippen molar-refractivity contribution in [3.05, 3.63) is 30.1 Å². The van der Waals surface area contributed by atoms with Gasteiger partial charge in [-0.15, -0.1) is 0 Å². The van der Waals surface area contributed by atoms with Crippen LogP contribution in [0.5, 0.6) is 0 Å². The Kier molecular flexibility index (Phi) is 5.73. The molecule has 1 aromatic rings. The molecule has 0 spiro atoms. The number of aromatic nitrogens is 1. The molecule has 1 unspecified atom stereocenters. The molecule has 0 amide bonds. The lowest BCUT2D eigenvalue weighted by Crippen LogP contribution is -2.48. The minimum atomic E-state index is -0.388. The van der Waals surface area contributed by atoms with E-state index in [1.165, 1.54) is 0 Å². The Bertz CT molecular complexity index is 419. The predicted octanol–water partition coefficient (Wildman–Crippen LogP) is 3.05. The van der Waals surface area contributed by atoms with E-state index < -0.39 is 0 Å². The average molecular weight is 293 g/mol. The first-order valence-electron chi connectivity index (χ1n) is 8.00. The SMILES string of the molecule is CCC1(CC)CC(OCCCO)(c2ccccn2)CCO1. The van der Waals surface area contributed by atoms with Crippen LogP contribution < -0.4 is 0 Å². The van der Waals surface area contributed by atoms with Gasteiger partial charge in [0.25, 0.3) is 0 Å². The van der Waals surface area contributed by atoms with E-state index in [0.29, 0.717) is 19.6 Å². The molecule has 1 atom stereocenters. The van der Waals surface area contributed by atoms with Crippen LogP contribution in [0.3, 0.4) is 0 Å². The second-order valence-corrected chi connectivity index (χ2v) is 5.80. The van der Waals surface area contributed by atoms with Gasteiger partial charge in [-0.25, -0.2) is 0 Å². The molecule has 1 aliphatic rings. The van der Waals surface area contributed by atoms with E-state index in [1.54, 1.807) is 0 Å². The van der Waals surface area contributed by atoms with E-state index in [2.05, 4.69) is 18.8 Å². The highest BCUT2D eigenvalue weighted by molar-refractivity contribution is 5.16. The number of aliphatic hydroxyl groups excluding tert-OH is 1. The molecule has 118 valence electrons. The molecule has 0 saturated carbocycles. The standard InChI is InChI=1S/C17H27NO3/c1-3-16(4-2)14-17(9-13-20-16,21-12-7-11-19)15-8-5-6-10-18-15/h5-6,8,10,19H,3-4,7,9,11-14H2,1-2H3. The number of pyridine rings is 1. The molecule has 2 heterocycles. The van der Waals surface area contributed by atoms with Crippen LogP contribution in [-0.4, -0.2) is 35.5 Å². The first-order valence-corrected chi connectivity index (χ1v) is 8.00. The molecule has 1 aliphatic heterocycles. The average Bonchev–Trinajstić information content (AvgIpc) is 2.56. The monoisotopic (exact) mass is 293 g/mol. The quantitative estimate of drug-likeness (QED) is 0.785. The van der Waals surface area contributed by atoms with Crippen molar-refractivity contribution in [2.24, 2.45) is 0 Å². The van der Waals surface area contributed by atoms with Gasteiger partial charge in [0, 0.05) is 25.6 Å². The van der Waals surface area contributed by atoms with Gasteiger partial charge in [0.15, 0.2) is 0 Å². The summed E-state index contributed by atoms with van der Waals surface area (Å²) in [5, 5.41) is 9.02. The number of rotatable bonds is 7. The topological polar surface area (TPSA) is 51.6 Å². The second-order valence-electron chi connectivity index (χ2n) is 5.80. The number of nitrogens with zero attached hydrogens (tertiary/aromatic N) is 1. The molecule has 0 aliphatic carbocycles. The number of ether oxygens (including phenoxy) is 2. The Hall–Kier alpha value is -0.970. The summed E-state index contributed by atoms with van der Waals surface area (Å²) in [4.78, 5) is 4.54.